The highest BCUT2D eigenvalue weighted by Crippen LogP contribution is 1.62. The lowest BCUT2D eigenvalue weighted by molar-refractivity contribution is -0.122. The predicted octanol–water partition coefficient (Wildman–Crippen LogP) is 0.749. The number of halogens is 1. The highest BCUT2D eigenvalue weighted by atomic mass is 79.9. The van der Waals surface area contributed by atoms with Crippen LogP contribution in [0.25, 0.3) is 0 Å². The first kappa shape index (κ1) is 9.87. The van der Waals surface area contributed by atoms with Gasteiger partial charge in [-0.2, -0.15) is 0 Å². The van der Waals surface area contributed by atoms with Crippen LogP contribution in [0.15, 0.2) is 0 Å². The van der Waals surface area contributed by atoms with Crippen LogP contribution in [0.1, 0.15) is 0 Å². The summed E-state index contributed by atoms with van der Waals surface area (Å²) in [6, 6.07) is 0. The first-order valence-electron chi connectivity index (χ1n) is 1.47. The second-order valence-corrected chi connectivity index (χ2v) is 4.27. The average molecular weight is 165 g/mol. The lowest BCUT2D eigenvalue weighted by Gasteiger charge is -1.34. The Morgan fingerprint density at radius 3 is 2.00 bits per heavy atom. The Balaban J connectivity index is 0. The van der Waals surface area contributed by atoms with E-state index in [-0.39, 0.29) is 24.7 Å². The monoisotopic (exact) mass is 164 g/mol. The zero-order valence-corrected chi connectivity index (χ0v) is 6.52. The van der Waals surface area contributed by atoms with Gasteiger partial charge in [0.1, 0.15) is 0 Å². The standard InChI is InChI=1S/CH2O2.CH3.BrH.Mg/c2-1-3;;;/h1H,(H,2,3);1H3;1H;/q;;;+1/p-1. The first-order valence-corrected chi connectivity index (χ1v) is 6.78. The molecule has 0 aromatic heterocycles. The third-order valence-corrected chi connectivity index (χ3v) is 0. The summed E-state index contributed by atoms with van der Waals surface area (Å²) in [5.74, 6) is 0. The lowest BCUT2D eigenvalue weighted by atomic mass is 11.7. The molecule has 0 bridgehead atoms. The first-order chi connectivity index (χ1) is 2.83. The molecule has 0 aromatic carbocycles. The average Bonchev–Trinajstić information content (AvgIpc) is 1.39. The largest absolute Gasteiger partial charge is 0.483 e. The fraction of sp³-hybridized carbons (Fsp3) is 0.500. The second kappa shape index (κ2) is 17.2. The van der Waals surface area contributed by atoms with E-state index in [2.05, 4.69) is 17.9 Å². The Hall–Kier alpha value is 0.716. The number of rotatable bonds is 0. The maximum absolute atomic E-state index is 8.36. The van der Waals surface area contributed by atoms with E-state index in [0.29, 0.717) is 0 Å². The van der Waals surface area contributed by atoms with Crippen molar-refractivity contribution in [2.75, 3.05) is 0 Å². The Labute approximate surface area is 52.5 Å². The van der Waals surface area contributed by atoms with Crippen LogP contribution in [-0.4, -0.2) is 29.8 Å². The molecule has 2 nitrogen and oxygen atoms in total. The minimum absolute atomic E-state index is 0.229. The molecule has 0 rings (SSSR count). The normalized spacial score (nSPS) is 3.67. The third-order valence-electron chi connectivity index (χ3n) is 0. The highest BCUT2D eigenvalue weighted by molar-refractivity contribution is 9.23. The summed E-state index contributed by atoms with van der Waals surface area (Å²) in [5.41, 5.74) is 0. The van der Waals surface area contributed by atoms with Crippen molar-refractivity contribution in [3.63, 3.8) is 0 Å². The zero-order chi connectivity index (χ0) is 5.41. The Kier molecular flexibility index (Phi) is 28.3. The molecule has 0 aliphatic heterocycles. The molecule has 34 valence electrons. The maximum atomic E-state index is 8.36. The minimum Gasteiger partial charge on any atom is -0.483 e. The number of hydrogen-bond donors (Lipinski definition) is 1. The molecule has 0 radical (unpaired) electrons. The maximum Gasteiger partial charge on any atom is 0.465 e. The van der Waals surface area contributed by atoms with Gasteiger partial charge in [0.15, 0.2) is 0 Å². The lowest BCUT2D eigenvalue weighted by Crippen LogP contribution is -1.49. The van der Waals surface area contributed by atoms with E-state index in [1.165, 1.54) is 0 Å². The van der Waals surface area contributed by atoms with E-state index in [9.17, 15) is 0 Å². The molecule has 0 aromatic rings. The van der Waals surface area contributed by atoms with Crippen molar-refractivity contribution in [1.82, 2.24) is 0 Å². The van der Waals surface area contributed by atoms with Crippen LogP contribution in [-0.2, 0) is 4.79 Å². The molecule has 0 amide bonds. The van der Waals surface area contributed by atoms with Gasteiger partial charge in [-0.15, -0.1) is 5.05 Å². The van der Waals surface area contributed by atoms with E-state index in [1.807, 2.05) is 0 Å². The molecule has 6 heavy (non-hydrogen) atoms. The van der Waals surface area contributed by atoms with Crippen LogP contribution >= 0.6 is 12.9 Å². The molecule has 0 aliphatic carbocycles. The van der Waals surface area contributed by atoms with Crippen molar-refractivity contribution in [2.45, 2.75) is 5.05 Å². The van der Waals surface area contributed by atoms with Gasteiger partial charge in [-0.25, -0.2) is 0 Å². The topological polar surface area (TPSA) is 37.3 Å². The van der Waals surface area contributed by atoms with Gasteiger partial charge in [-0.05, 0) is 0 Å². The fourth-order valence-electron chi connectivity index (χ4n) is 0. The molecule has 0 fully saturated rings. The molecule has 0 atom stereocenters. The molecule has 0 saturated heterocycles. The Bertz CT molecular complexity index is 25.5. The molecule has 1 N–H and O–H groups in total. The van der Waals surface area contributed by atoms with E-state index in [0.717, 1.165) is 0 Å². The summed E-state index contributed by atoms with van der Waals surface area (Å²) in [5, 5.41) is 9.07. The minimum atomic E-state index is -0.250. The van der Waals surface area contributed by atoms with Crippen molar-refractivity contribution in [1.29, 1.82) is 0 Å². The molecule has 0 saturated carbocycles. The summed E-state index contributed by atoms with van der Waals surface area (Å²) in [4.78, 5) is 8.36. The highest BCUT2D eigenvalue weighted by Gasteiger charge is 1.58. The molecule has 0 unspecified atom stereocenters. The van der Waals surface area contributed by atoms with Gasteiger partial charge >= 0.3 is 18.2 Å². The van der Waals surface area contributed by atoms with Crippen molar-refractivity contribution in [3.05, 3.63) is 0 Å². The van der Waals surface area contributed by atoms with Gasteiger partial charge in [0.05, 0.1) is 0 Å². The van der Waals surface area contributed by atoms with Crippen LogP contribution < -0.4 is 0 Å². The number of carboxylic acid groups (broad SMARTS) is 1. The summed E-state index contributed by atoms with van der Waals surface area (Å²) in [7, 11) is 0. The van der Waals surface area contributed by atoms with E-state index < -0.39 is 0 Å². The van der Waals surface area contributed by atoms with Gasteiger partial charge in [0, 0.05) is 0 Å². The van der Waals surface area contributed by atoms with E-state index in [4.69, 9.17) is 9.90 Å². The van der Waals surface area contributed by atoms with Crippen LogP contribution in [0.2, 0.25) is 5.05 Å². The van der Waals surface area contributed by atoms with Gasteiger partial charge in [0.25, 0.3) is 6.47 Å². The van der Waals surface area contributed by atoms with E-state index in [1.54, 1.807) is 0 Å². The Morgan fingerprint density at radius 2 is 2.00 bits per heavy atom. The molecule has 0 heterocycles. The fourth-order valence-corrected chi connectivity index (χ4v) is 0. The summed E-state index contributed by atoms with van der Waals surface area (Å²) in [6.07, 6.45) is 0. The molecule has 4 heteroatoms. The van der Waals surface area contributed by atoms with Crippen molar-refractivity contribution >= 4 is 37.5 Å². The predicted molar refractivity (Wildman–Crippen MR) is 29.2 cm³/mol. The summed E-state index contributed by atoms with van der Waals surface area (Å²) < 4.78 is 0. The molecule has 0 spiro atoms. The number of carbonyl (C=O) groups is 1. The number of hydrogen-bond acceptors (Lipinski definition) is 1. The van der Waals surface area contributed by atoms with Crippen LogP contribution in [0, 0.1) is 0 Å². The van der Waals surface area contributed by atoms with Gasteiger partial charge in [-0.1, -0.05) is 0 Å². The summed E-state index contributed by atoms with van der Waals surface area (Å²) >= 11 is 3.51. The molecular formula is C2H5BrMgO2. The second-order valence-electron chi connectivity index (χ2n) is 0.373. The third kappa shape index (κ3) is 127. The van der Waals surface area contributed by atoms with E-state index >= 15 is 0 Å². The van der Waals surface area contributed by atoms with Crippen molar-refractivity contribution in [2.24, 2.45) is 0 Å². The van der Waals surface area contributed by atoms with Gasteiger partial charge < -0.3 is 18.0 Å². The zero-order valence-electron chi connectivity index (χ0n) is 3.52. The van der Waals surface area contributed by atoms with Gasteiger partial charge in [0.2, 0.25) is 0 Å². The van der Waals surface area contributed by atoms with Crippen LogP contribution in [0.5, 0.6) is 0 Å². The van der Waals surface area contributed by atoms with Crippen LogP contribution in [0.4, 0.5) is 0 Å². The molecule has 0 aliphatic rings. The molecular weight excluding hydrogens is 160 g/mol. The van der Waals surface area contributed by atoms with Crippen molar-refractivity contribution < 1.29 is 9.90 Å². The quantitative estimate of drug-likeness (QED) is 0.425. The van der Waals surface area contributed by atoms with Crippen LogP contribution in [0.3, 0.4) is 0 Å². The summed E-state index contributed by atoms with van der Waals surface area (Å²) in [6.45, 7) is -0.250. The Morgan fingerprint density at radius 1 is 2.00 bits per heavy atom. The SMILES string of the molecule is O=CO.[CH3][Mg][Br]. The van der Waals surface area contributed by atoms with Gasteiger partial charge in [-0.3, -0.25) is 4.79 Å². The smallest absolute Gasteiger partial charge is 0.465 e. The van der Waals surface area contributed by atoms with Crippen molar-refractivity contribution in [3.8, 4) is 0 Å².